The topological polar surface area (TPSA) is 216 Å². The zero-order valence-electron chi connectivity index (χ0n) is 24.7. The molecule has 5 rings (SSSR count). The highest BCUT2D eigenvalue weighted by Gasteiger charge is 2.19. The molecule has 3 N–H and O–H groups in total. The van der Waals surface area contributed by atoms with Gasteiger partial charge in [0.1, 0.15) is 23.0 Å². The first-order valence-electron chi connectivity index (χ1n) is 14.1. The van der Waals surface area contributed by atoms with Crippen molar-refractivity contribution in [2.45, 2.75) is 13.0 Å². The van der Waals surface area contributed by atoms with Gasteiger partial charge in [-0.2, -0.15) is 0 Å². The fourth-order valence-corrected chi connectivity index (χ4v) is 4.56. The predicted octanol–water partition coefficient (Wildman–Crippen LogP) is 6.36. The number of ether oxygens (including phenoxy) is 2. The van der Waals surface area contributed by atoms with Crippen molar-refractivity contribution in [1.82, 2.24) is 0 Å². The van der Waals surface area contributed by atoms with E-state index in [4.69, 9.17) is 14.9 Å². The molecule has 0 aliphatic heterocycles. The molecule has 0 unspecified atom stereocenters. The van der Waals surface area contributed by atoms with Crippen LogP contribution in [0.25, 0.3) is 6.08 Å². The standard InChI is InChI=1S/C34H24N4O10/c35-29-3-1-2-20(16-23-17-21(4-14-30(23)39)33(41)47-27-10-6-25(7-11-27)37(43)44)32(29)36-19-24-18-22(5-15-31(24)40)34(42)48-28-12-8-26(9-13-28)38(45)46/h1,3-18,35,39-40H,2,19H2. The molecule has 240 valence electrons. The second-order valence-corrected chi connectivity index (χ2v) is 10.3. The Balaban J connectivity index is 1.35. The molecule has 0 atom stereocenters. The highest BCUT2D eigenvalue weighted by Crippen LogP contribution is 2.28. The summed E-state index contributed by atoms with van der Waals surface area (Å²) in [6, 6.07) is 18.0. The predicted molar refractivity (Wildman–Crippen MR) is 173 cm³/mol. The van der Waals surface area contributed by atoms with Gasteiger partial charge in [-0.15, -0.1) is 0 Å². The Morgan fingerprint density at radius 3 is 1.85 bits per heavy atom. The van der Waals surface area contributed by atoms with Gasteiger partial charge in [0.15, 0.2) is 0 Å². The molecule has 0 heterocycles. The van der Waals surface area contributed by atoms with Crippen molar-refractivity contribution in [2.24, 2.45) is 4.99 Å². The first kappa shape index (κ1) is 32.4. The number of nitro benzene ring substituents is 2. The molecule has 1 aliphatic carbocycles. The quantitative estimate of drug-likeness (QED) is 0.0790. The van der Waals surface area contributed by atoms with Crippen LogP contribution in [0.5, 0.6) is 23.0 Å². The van der Waals surface area contributed by atoms with Gasteiger partial charge in [-0.1, -0.05) is 6.08 Å². The fourth-order valence-electron chi connectivity index (χ4n) is 4.56. The number of hydrogen-bond acceptors (Lipinski definition) is 12. The monoisotopic (exact) mass is 648 g/mol. The summed E-state index contributed by atoms with van der Waals surface area (Å²) in [5, 5.41) is 51.2. The molecule has 4 aromatic carbocycles. The van der Waals surface area contributed by atoms with Crippen LogP contribution >= 0.6 is 0 Å². The highest BCUT2D eigenvalue weighted by molar-refractivity contribution is 6.52. The van der Waals surface area contributed by atoms with Crippen molar-refractivity contribution in [3.8, 4) is 23.0 Å². The summed E-state index contributed by atoms with van der Waals surface area (Å²) < 4.78 is 10.6. The van der Waals surface area contributed by atoms with Gasteiger partial charge in [-0.3, -0.25) is 30.6 Å². The molecule has 0 spiro atoms. The number of hydrogen-bond donors (Lipinski definition) is 3. The molecular weight excluding hydrogens is 624 g/mol. The minimum Gasteiger partial charge on any atom is -0.508 e. The summed E-state index contributed by atoms with van der Waals surface area (Å²) in [6.07, 6.45) is 5.16. The first-order valence-corrected chi connectivity index (χ1v) is 14.1. The lowest BCUT2D eigenvalue weighted by molar-refractivity contribution is -0.385. The number of non-ortho nitro benzene ring substituents is 2. The van der Waals surface area contributed by atoms with Gasteiger partial charge < -0.3 is 19.7 Å². The molecule has 0 bridgehead atoms. The summed E-state index contributed by atoms with van der Waals surface area (Å²) in [5.41, 5.74) is 1.14. The van der Waals surface area contributed by atoms with Crippen LogP contribution in [0.2, 0.25) is 0 Å². The van der Waals surface area contributed by atoms with Gasteiger partial charge in [-0.05, 0) is 84.8 Å². The van der Waals surface area contributed by atoms with Gasteiger partial charge in [-0.25, -0.2) is 9.59 Å². The van der Waals surface area contributed by atoms with Crippen molar-refractivity contribution in [1.29, 1.82) is 5.41 Å². The van der Waals surface area contributed by atoms with Gasteiger partial charge in [0.2, 0.25) is 0 Å². The molecule has 0 aromatic heterocycles. The van der Waals surface area contributed by atoms with Gasteiger partial charge >= 0.3 is 11.9 Å². The van der Waals surface area contributed by atoms with Crippen molar-refractivity contribution in [3.05, 3.63) is 145 Å². The van der Waals surface area contributed by atoms with E-state index < -0.39 is 21.8 Å². The maximum atomic E-state index is 12.8. The molecule has 0 fully saturated rings. The third-order valence-corrected chi connectivity index (χ3v) is 7.01. The number of nitrogens with zero attached hydrogens (tertiary/aromatic N) is 3. The van der Waals surface area contributed by atoms with Crippen LogP contribution in [-0.2, 0) is 6.54 Å². The zero-order valence-corrected chi connectivity index (χ0v) is 24.7. The Kier molecular flexibility index (Phi) is 9.45. The minimum absolute atomic E-state index is 0.0500. The molecule has 14 nitrogen and oxygen atoms in total. The lowest BCUT2D eigenvalue weighted by atomic mass is 9.94. The van der Waals surface area contributed by atoms with Crippen LogP contribution in [0.4, 0.5) is 11.4 Å². The van der Waals surface area contributed by atoms with E-state index in [2.05, 4.69) is 4.99 Å². The van der Waals surface area contributed by atoms with Crippen LogP contribution in [-0.4, -0.2) is 43.4 Å². The van der Waals surface area contributed by atoms with Gasteiger partial charge in [0.05, 0.1) is 38.9 Å². The smallest absolute Gasteiger partial charge is 0.343 e. The van der Waals surface area contributed by atoms with Crippen molar-refractivity contribution in [3.63, 3.8) is 0 Å². The number of esters is 2. The number of carbonyl (C=O) groups is 2. The minimum atomic E-state index is -0.769. The fraction of sp³-hybridized carbons (Fsp3) is 0.0588. The molecule has 0 saturated heterocycles. The second-order valence-electron chi connectivity index (χ2n) is 10.3. The van der Waals surface area contributed by atoms with E-state index in [1.165, 1.54) is 84.9 Å². The second kappa shape index (κ2) is 14.0. The first-order chi connectivity index (χ1) is 23.0. The Hall–Kier alpha value is -6.96. The maximum absolute atomic E-state index is 12.8. The number of rotatable bonds is 9. The van der Waals surface area contributed by atoms with E-state index in [0.717, 1.165) is 0 Å². The van der Waals surface area contributed by atoms with E-state index >= 15 is 0 Å². The molecule has 0 saturated carbocycles. The summed E-state index contributed by atoms with van der Waals surface area (Å²) in [4.78, 5) is 50.7. The van der Waals surface area contributed by atoms with Crippen LogP contribution < -0.4 is 9.47 Å². The average molecular weight is 649 g/mol. The molecule has 1 aliphatic rings. The van der Waals surface area contributed by atoms with Crippen LogP contribution in [0, 0.1) is 25.6 Å². The molecule has 0 amide bonds. The third-order valence-electron chi connectivity index (χ3n) is 7.01. The van der Waals surface area contributed by atoms with E-state index in [1.807, 2.05) is 0 Å². The Morgan fingerprint density at radius 1 is 0.792 bits per heavy atom. The van der Waals surface area contributed by atoms with E-state index in [0.29, 0.717) is 12.0 Å². The van der Waals surface area contributed by atoms with Crippen LogP contribution in [0.3, 0.4) is 0 Å². The van der Waals surface area contributed by atoms with Crippen molar-refractivity contribution in [2.75, 3.05) is 0 Å². The molecule has 48 heavy (non-hydrogen) atoms. The Morgan fingerprint density at radius 2 is 1.31 bits per heavy atom. The summed E-state index contributed by atoms with van der Waals surface area (Å²) in [7, 11) is 0. The average Bonchev–Trinajstić information content (AvgIpc) is 3.06. The molecular formula is C34H24N4O10. The number of nitrogens with one attached hydrogen (secondary N) is 1. The van der Waals surface area contributed by atoms with Crippen molar-refractivity contribution < 1.29 is 39.1 Å². The summed E-state index contributed by atoms with van der Waals surface area (Å²) in [6.45, 7) is -0.138. The van der Waals surface area contributed by atoms with Crippen LogP contribution in [0.15, 0.2) is 108 Å². The number of phenols is 2. The Bertz CT molecular complexity index is 2050. The van der Waals surface area contributed by atoms with E-state index in [1.54, 1.807) is 18.2 Å². The Labute approximate surface area is 271 Å². The lowest BCUT2D eigenvalue weighted by Gasteiger charge is -2.15. The number of allylic oxidation sites excluding steroid dienone is 3. The number of carbonyl (C=O) groups excluding carboxylic acids is 2. The summed E-state index contributed by atoms with van der Waals surface area (Å²) in [5.74, 6) is -1.68. The highest BCUT2D eigenvalue weighted by atomic mass is 16.6. The normalized spacial score (nSPS) is 14.1. The molecule has 0 radical (unpaired) electrons. The third kappa shape index (κ3) is 7.63. The largest absolute Gasteiger partial charge is 0.508 e. The number of aromatic hydroxyl groups is 2. The van der Waals surface area contributed by atoms with E-state index in [9.17, 15) is 40.0 Å². The lowest BCUT2D eigenvalue weighted by Crippen LogP contribution is -2.17. The number of phenolic OH excluding ortho intramolecular Hbond substituents is 2. The van der Waals surface area contributed by atoms with E-state index in [-0.39, 0.29) is 74.6 Å². The maximum Gasteiger partial charge on any atom is 0.343 e. The molecule has 4 aromatic rings. The number of nitro groups is 2. The summed E-state index contributed by atoms with van der Waals surface area (Å²) >= 11 is 0. The van der Waals surface area contributed by atoms with Crippen molar-refractivity contribution >= 4 is 40.8 Å². The van der Waals surface area contributed by atoms with Gasteiger partial charge in [0, 0.05) is 35.4 Å². The van der Waals surface area contributed by atoms with Gasteiger partial charge in [0.25, 0.3) is 11.4 Å². The zero-order chi connectivity index (χ0) is 34.4. The molecule has 14 heteroatoms. The number of aliphatic imine (C=N–C) groups is 1. The SMILES string of the molecule is N=C1C=CCC(=Cc2cc(C(=O)Oc3ccc([N+](=O)[O-])cc3)ccc2O)C1=NCc1cc(C(=O)Oc2ccc([N+](=O)[O-])cc2)ccc1O. The number of benzene rings is 4. The van der Waals surface area contributed by atoms with Crippen LogP contribution in [0.1, 0.15) is 38.3 Å².